The van der Waals surface area contributed by atoms with E-state index in [1.165, 1.54) is 0 Å². The van der Waals surface area contributed by atoms with E-state index in [0.717, 1.165) is 11.3 Å². The van der Waals surface area contributed by atoms with Crippen molar-refractivity contribution in [3.63, 3.8) is 0 Å². The first-order valence-electron chi connectivity index (χ1n) is 6.67. The van der Waals surface area contributed by atoms with Crippen molar-refractivity contribution in [2.24, 2.45) is 7.05 Å². The van der Waals surface area contributed by atoms with Crippen LogP contribution in [0.25, 0.3) is 11.3 Å². The zero-order valence-electron chi connectivity index (χ0n) is 11.9. The number of rotatable bonds is 4. The summed E-state index contributed by atoms with van der Waals surface area (Å²) in [6.45, 7) is 0.210. The maximum atomic E-state index is 12.0. The number of benzene rings is 1. The number of nitrogens with zero attached hydrogens (tertiary/aromatic N) is 4. The summed E-state index contributed by atoms with van der Waals surface area (Å²) in [4.78, 5) is 15.9. The fourth-order valence-corrected chi connectivity index (χ4v) is 2.20. The Hall–Kier alpha value is -2.60. The van der Waals surface area contributed by atoms with Crippen LogP contribution in [0.2, 0.25) is 5.02 Å². The lowest BCUT2D eigenvalue weighted by atomic mass is 10.1. The van der Waals surface area contributed by atoms with Crippen molar-refractivity contribution < 1.29 is 4.79 Å². The standard InChI is InChI=1S/C15H14ClN5O/c1-20-14(18-15(22)9-21-7-6-17-10-21)8-13(19-20)11-2-4-12(16)5-3-11/h2-8,10H,9H2,1H3,(H,18,22). The van der Waals surface area contributed by atoms with Gasteiger partial charge in [-0.05, 0) is 12.1 Å². The first-order chi connectivity index (χ1) is 10.6. The molecule has 3 rings (SSSR count). The van der Waals surface area contributed by atoms with Crippen molar-refractivity contribution >= 4 is 23.3 Å². The summed E-state index contributed by atoms with van der Waals surface area (Å²) in [5.41, 5.74) is 1.72. The summed E-state index contributed by atoms with van der Waals surface area (Å²) in [6.07, 6.45) is 4.97. The zero-order chi connectivity index (χ0) is 15.5. The van der Waals surface area contributed by atoms with Crippen molar-refractivity contribution in [1.29, 1.82) is 0 Å². The molecule has 0 aliphatic heterocycles. The Labute approximate surface area is 132 Å². The van der Waals surface area contributed by atoms with Gasteiger partial charge in [0.25, 0.3) is 0 Å². The van der Waals surface area contributed by atoms with Gasteiger partial charge in [0.2, 0.25) is 5.91 Å². The Morgan fingerprint density at radius 2 is 2.09 bits per heavy atom. The Kier molecular flexibility index (Phi) is 3.93. The largest absolute Gasteiger partial charge is 0.328 e. The molecule has 112 valence electrons. The third-order valence-electron chi connectivity index (χ3n) is 3.17. The molecule has 6 nitrogen and oxygen atoms in total. The highest BCUT2D eigenvalue weighted by Gasteiger charge is 2.10. The first-order valence-corrected chi connectivity index (χ1v) is 7.05. The Morgan fingerprint density at radius 3 is 2.77 bits per heavy atom. The Morgan fingerprint density at radius 1 is 1.32 bits per heavy atom. The highest BCUT2D eigenvalue weighted by molar-refractivity contribution is 6.30. The van der Waals surface area contributed by atoms with Crippen LogP contribution in [0.1, 0.15) is 0 Å². The van der Waals surface area contributed by atoms with Crippen molar-refractivity contribution in [1.82, 2.24) is 19.3 Å². The number of hydrogen-bond acceptors (Lipinski definition) is 3. The molecule has 0 spiro atoms. The lowest BCUT2D eigenvalue weighted by Crippen LogP contribution is -2.19. The molecule has 0 saturated heterocycles. The van der Waals surface area contributed by atoms with E-state index in [4.69, 9.17) is 11.6 Å². The van der Waals surface area contributed by atoms with E-state index in [1.54, 1.807) is 35.0 Å². The van der Waals surface area contributed by atoms with E-state index < -0.39 is 0 Å². The van der Waals surface area contributed by atoms with Crippen LogP contribution < -0.4 is 5.32 Å². The zero-order valence-corrected chi connectivity index (χ0v) is 12.7. The number of nitrogens with one attached hydrogen (secondary N) is 1. The molecule has 1 N–H and O–H groups in total. The minimum atomic E-state index is -0.136. The molecule has 1 amide bonds. The topological polar surface area (TPSA) is 64.7 Å². The van der Waals surface area contributed by atoms with Crippen LogP contribution in [0.4, 0.5) is 5.82 Å². The fraction of sp³-hybridized carbons (Fsp3) is 0.133. The number of aryl methyl sites for hydroxylation is 1. The molecule has 0 aliphatic rings. The van der Waals surface area contributed by atoms with Gasteiger partial charge in [-0.3, -0.25) is 9.48 Å². The van der Waals surface area contributed by atoms with Crippen molar-refractivity contribution in [2.45, 2.75) is 6.54 Å². The molecule has 22 heavy (non-hydrogen) atoms. The summed E-state index contributed by atoms with van der Waals surface area (Å²) in [6, 6.07) is 9.23. The van der Waals surface area contributed by atoms with Gasteiger partial charge in [0.15, 0.2) is 0 Å². The molecule has 0 fully saturated rings. The van der Waals surface area contributed by atoms with Gasteiger partial charge in [0.1, 0.15) is 12.4 Å². The van der Waals surface area contributed by atoms with Crippen molar-refractivity contribution in [3.05, 3.63) is 54.1 Å². The minimum absolute atomic E-state index is 0.136. The van der Waals surface area contributed by atoms with E-state index in [9.17, 15) is 4.79 Å². The highest BCUT2D eigenvalue weighted by atomic mass is 35.5. The number of halogens is 1. The van der Waals surface area contributed by atoms with Crippen LogP contribution in [-0.4, -0.2) is 25.2 Å². The number of carbonyl (C=O) groups excluding carboxylic acids is 1. The normalized spacial score (nSPS) is 10.6. The molecule has 0 unspecified atom stereocenters. The van der Waals surface area contributed by atoms with Crippen LogP contribution in [0.3, 0.4) is 0 Å². The molecule has 2 aromatic heterocycles. The summed E-state index contributed by atoms with van der Waals surface area (Å²) in [7, 11) is 1.78. The molecular formula is C15H14ClN5O. The van der Waals surface area contributed by atoms with Crippen molar-refractivity contribution in [2.75, 3.05) is 5.32 Å². The second-order valence-electron chi connectivity index (χ2n) is 4.83. The Bertz CT molecular complexity index is 777. The molecule has 7 heteroatoms. The van der Waals surface area contributed by atoms with Gasteiger partial charge in [0, 0.05) is 36.1 Å². The predicted octanol–water partition coefficient (Wildman–Crippen LogP) is 2.58. The van der Waals surface area contributed by atoms with E-state index in [-0.39, 0.29) is 12.5 Å². The average Bonchev–Trinajstić information content (AvgIpc) is 3.10. The highest BCUT2D eigenvalue weighted by Crippen LogP contribution is 2.23. The van der Waals surface area contributed by atoms with E-state index in [0.29, 0.717) is 10.8 Å². The van der Waals surface area contributed by atoms with Gasteiger partial charge in [-0.1, -0.05) is 23.7 Å². The molecule has 0 atom stereocenters. The second-order valence-corrected chi connectivity index (χ2v) is 5.26. The van der Waals surface area contributed by atoms with E-state index >= 15 is 0 Å². The monoisotopic (exact) mass is 315 g/mol. The van der Waals surface area contributed by atoms with Crippen LogP contribution in [-0.2, 0) is 18.4 Å². The number of anilines is 1. The number of hydrogen-bond donors (Lipinski definition) is 1. The molecule has 1 aromatic carbocycles. The lowest BCUT2D eigenvalue weighted by Gasteiger charge is -2.05. The number of aromatic nitrogens is 4. The molecule has 0 bridgehead atoms. The van der Waals surface area contributed by atoms with Gasteiger partial charge < -0.3 is 9.88 Å². The van der Waals surface area contributed by atoms with Crippen molar-refractivity contribution in [3.8, 4) is 11.3 Å². The summed E-state index contributed by atoms with van der Waals surface area (Å²) < 4.78 is 3.33. The minimum Gasteiger partial charge on any atom is -0.328 e. The molecule has 0 saturated carbocycles. The second kappa shape index (κ2) is 6.03. The molecular weight excluding hydrogens is 302 g/mol. The number of carbonyl (C=O) groups is 1. The van der Waals surface area contributed by atoms with E-state index in [1.807, 2.05) is 30.3 Å². The summed E-state index contributed by atoms with van der Waals surface area (Å²) in [5, 5.41) is 7.91. The lowest BCUT2D eigenvalue weighted by molar-refractivity contribution is -0.116. The smallest absolute Gasteiger partial charge is 0.245 e. The fourth-order valence-electron chi connectivity index (χ4n) is 2.07. The predicted molar refractivity (Wildman–Crippen MR) is 84.5 cm³/mol. The maximum absolute atomic E-state index is 12.0. The summed E-state index contributed by atoms with van der Waals surface area (Å²) >= 11 is 5.88. The van der Waals surface area contributed by atoms with Crippen LogP contribution >= 0.6 is 11.6 Å². The van der Waals surface area contributed by atoms with Crippen LogP contribution in [0.5, 0.6) is 0 Å². The molecule has 0 radical (unpaired) electrons. The third-order valence-corrected chi connectivity index (χ3v) is 3.42. The SMILES string of the molecule is Cn1nc(-c2ccc(Cl)cc2)cc1NC(=O)Cn1ccnc1. The quantitative estimate of drug-likeness (QED) is 0.804. The van der Waals surface area contributed by atoms with Gasteiger partial charge >= 0.3 is 0 Å². The summed E-state index contributed by atoms with van der Waals surface area (Å²) in [5.74, 6) is 0.499. The van der Waals surface area contributed by atoms with Gasteiger partial charge in [-0.15, -0.1) is 0 Å². The third kappa shape index (κ3) is 3.17. The Balaban J connectivity index is 1.74. The van der Waals surface area contributed by atoms with Crippen LogP contribution in [0, 0.1) is 0 Å². The molecule has 0 aliphatic carbocycles. The first kappa shape index (κ1) is 14.3. The van der Waals surface area contributed by atoms with Gasteiger partial charge in [-0.2, -0.15) is 5.10 Å². The molecule has 2 heterocycles. The van der Waals surface area contributed by atoms with Gasteiger partial charge in [0.05, 0.1) is 12.0 Å². The number of amides is 1. The average molecular weight is 316 g/mol. The van der Waals surface area contributed by atoms with Gasteiger partial charge in [-0.25, -0.2) is 4.98 Å². The molecule has 3 aromatic rings. The maximum Gasteiger partial charge on any atom is 0.245 e. The van der Waals surface area contributed by atoms with E-state index in [2.05, 4.69) is 15.4 Å². The van der Waals surface area contributed by atoms with Crippen LogP contribution in [0.15, 0.2) is 49.1 Å². The number of imidazole rings is 1.